The van der Waals surface area contributed by atoms with E-state index in [4.69, 9.17) is 0 Å². The molecule has 16 heavy (non-hydrogen) atoms. The maximum Gasteiger partial charge on any atom is 0.159 e. The highest BCUT2D eigenvalue weighted by Crippen LogP contribution is 2.29. The molecule has 0 fully saturated rings. The normalized spacial score (nSPS) is 12.8. The molecule has 0 spiro atoms. The molecular formula is C11H9F2NOS. The lowest BCUT2D eigenvalue weighted by atomic mass is 10.2. The second kappa shape index (κ2) is 4.27. The summed E-state index contributed by atoms with van der Waals surface area (Å²) in [6.45, 7) is 1.63. The first-order valence-corrected chi connectivity index (χ1v) is 5.49. The highest BCUT2D eigenvalue weighted by atomic mass is 32.1. The van der Waals surface area contributed by atoms with Gasteiger partial charge in [0.15, 0.2) is 11.6 Å². The Balaban J connectivity index is 2.39. The number of halogens is 2. The zero-order valence-electron chi connectivity index (χ0n) is 8.45. The molecule has 0 amide bonds. The molecule has 0 aliphatic carbocycles. The highest BCUT2D eigenvalue weighted by Gasteiger charge is 2.10. The molecule has 1 heterocycles. The van der Waals surface area contributed by atoms with Gasteiger partial charge in [-0.2, -0.15) is 0 Å². The van der Waals surface area contributed by atoms with E-state index in [9.17, 15) is 13.9 Å². The van der Waals surface area contributed by atoms with Crippen LogP contribution in [0.2, 0.25) is 0 Å². The molecule has 5 heteroatoms. The van der Waals surface area contributed by atoms with Crippen molar-refractivity contribution in [2.24, 2.45) is 0 Å². The van der Waals surface area contributed by atoms with Crippen LogP contribution in [0.15, 0.2) is 24.4 Å². The SMILES string of the molecule is CC(O)c1cnc(-c2ccc(F)c(F)c2)s1. The fourth-order valence-corrected chi connectivity index (χ4v) is 2.09. The maximum atomic E-state index is 13.0. The van der Waals surface area contributed by atoms with Crippen molar-refractivity contribution in [1.29, 1.82) is 0 Å². The number of hydrogen-bond donors (Lipinski definition) is 1. The molecule has 0 saturated heterocycles. The van der Waals surface area contributed by atoms with Gasteiger partial charge in [0.1, 0.15) is 5.01 Å². The summed E-state index contributed by atoms with van der Waals surface area (Å²) >= 11 is 1.26. The first kappa shape index (κ1) is 11.2. The van der Waals surface area contributed by atoms with Crippen LogP contribution < -0.4 is 0 Å². The minimum atomic E-state index is -0.897. The van der Waals surface area contributed by atoms with E-state index in [0.717, 1.165) is 12.1 Å². The average Bonchev–Trinajstić information content (AvgIpc) is 2.71. The van der Waals surface area contributed by atoms with Crippen molar-refractivity contribution in [3.63, 3.8) is 0 Å². The van der Waals surface area contributed by atoms with Gasteiger partial charge in [-0.3, -0.25) is 0 Å². The fourth-order valence-electron chi connectivity index (χ4n) is 1.24. The molecule has 0 radical (unpaired) electrons. The molecule has 1 atom stereocenters. The fraction of sp³-hybridized carbons (Fsp3) is 0.182. The predicted octanol–water partition coefficient (Wildman–Crippen LogP) is 3.14. The molecule has 0 saturated carbocycles. The van der Waals surface area contributed by atoms with Crippen LogP contribution in [-0.2, 0) is 0 Å². The van der Waals surface area contributed by atoms with Crippen LogP contribution in [0, 0.1) is 11.6 Å². The van der Waals surface area contributed by atoms with Gasteiger partial charge in [-0.1, -0.05) is 0 Å². The van der Waals surface area contributed by atoms with Crippen molar-refractivity contribution < 1.29 is 13.9 Å². The minimum Gasteiger partial charge on any atom is -0.388 e. The highest BCUT2D eigenvalue weighted by molar-refractivity contribution is 7.15. The lowest BCUT2D eigenvalue weighted by molar-refractivity contribution is 0.203. The van der Waals surface area contributed by atoms with Crippen LogP contribution in [0.4, 0.5) is 8.78 Å². The van der Waals surface area contributed by atoms with Gasteiger partial charge < -0.3 is 5.11 Å². The Morgan fingerprint density at radius 3 is 2.62 bits per heavy atom. The molecule has 0 aliphatic rings. The molecule has 2 rings (SSSR count). The number of aliphatic hydroxyl groups is 1. The quantitative estimate of drug-likeness (QED) is 0.876. The summed E-state index contributed by atoms with van der Waals surface area (Å²) in [5.41, 5.74) is 0.510. The van der Waals surface area contributed by atoms with Gasteiger partial charge in [0.2, 0.25) is 0 Å². The van der Waals surface area contributed by atoms with E-state index in [1.54, 1.807) is 6.92 Å². The van der Waals surface area contributed by atoms with E-state index in [1.165, 1.54) is 23.6 Å². The van der Waals surface area contributed by atoms with Crippen LogP contribution in [-0.4, -0.2) is 10.1 Å². The smallest absolute Gasteiger partial charge is 0.159 e. The van der Waals surface area contributed by atoms with Crippen LogP contribution in [0.1, 0.15) is 17.9 Å². The zero-order valence-corrected chi connectivity index (χ0v) is 9.26. The van der Waals surface area contributed by atoms with Gasteiger partial charge in [-0.25, -0.2) is 13.8 Å². The van der Waals surface area contributed by atoms with E-state index in [1.807, 2.05) is 0 Å². The number of hydrogen-bond acceptors (Lipinski definition) is 3. The number of aliphatic hydroxyl groups excluding tert-OH is 1. The van der Waals surface area contributed by atoms with Crippen molar-refractivity contribution in [2.45, 2.75) is 13.0 Å². The number of rotatable bonds is 2. The molecule has 0 bridgehead atoms. The monoisotopic (exact) mass is 241 g/mol. The summed E-state index contributed by atoms with van der Waals surface area (Å²) in [5, 5.41) is 9.88. The van der Waals surface area contributed by atoms with Crippen LogP contribution >= 0.6 is 11.3 Å². The standard InChI is InChI=1S/C11H9F2NOS/c1-6(15)10-5-14-11(16-10)7-2-3-8(12)9(13)4-7/h2-6,15H,1H3. The molecular weight excluding hydrogens is 232 g/mol. The molecule has 84 valence electrons. The molecule has 1 aromatic heterocycles. The second-order valence-electron chi connectivity index (χ2n) is 3.37. The summed E-state index contributed by atoms with van der Waals surface area (Å²) in [6, 6.07) is 3.62. The van der Waals surface area contributed by atoms with Crippen molar-refractivity contribution in [1.82, 2.24) is 4.98 Å². The van der Waals surface area contributed by atoms with Crippen molar-refractivity contribution >= 4 is 11.3 Å². The van der Waals surface area contributed by atoms with Gasteiger partial charge in [0.05, 0.1) is 11.0 Å². The molecule has 2 aromatic rings. The first-order valence-electron chi connectivity index (χ1n) is 4.67. The Morgan fingerprint density at radius 1 is 1.31 bits per heavy atom. The second-order valence-corrected chi connectivity index (χ2v) is 4.43. The largest absolute Gasteiger partial charge is 0.388 e. The third kappa shape index (κ3) is 2.10. The average molecular weight is 241 g/mol. The molecule has 2 nitrogen and oxygen atoms in total. The van der Waals surface area contributed by atoms with Crippen molar-refractivity contribution in [2.75, 3.05) is 0 Å². The summed E-state index contributed by atoms with van der Waals surface area (Å²) in [6.07, 6.45) is 0.933. The van der Waals surface area contributed by atoms with Crippen molar-refractivity contribution in [3.8, 4) is 10.6 Å². The summed E-state index contributed by atoms with van der Waals surface area (Å²) in [5.74, 6) is -1.78. The van der Waals surface area contributed by atoms with Crippen LogP contribution in [0.3, 0.4) is 0 Å². The van der Waals surface area contributed by atoms with Gasteiger partial charge in [0.25, 0.3) is 0 Å². The summed E-state index contributed by atoms with van der Waals surface area (Å²) in [7, 11) is 0. The molecule has 1 unspecified atom stereocenters. The number of aromatic nitrogens is 1. The molecule has 0 aliphatic heterocycles. The van der Waals surface area contributed by atoms with Gasteiger partial charge in [-0.05, 0) is 25.1 Å². The number of benzene rings is 1. The van der Waals surface area contributed by atoms with E-state index >= 15 is 0 Å². The van der Waals surface area contributed by atoms with Gasteiger partial charge in [-0.15, -0.1) is 11.3 Å². The predicted molar refractivity (Wildman–Crippen MR) is 58.1 cm³/mol. The molecule has 1 N–H and O–H groups in total. The zero-order chi connectivity index (χ0) is 11.7. The van der Waals surface area contributed by atoms with E-state index in [-0.39, 0.29) is 0 Å². The van der Waals surface area contributed by atoms with Crippen molar-refractivity contribution in [3.05, 3.63) is 40.9 Å². The van der Waals surface area contributed by atoms with Crippen LogP contribution in [0.5, 0.6) is 0 Å². The topological polar surface area (TPSA) is 33.1 Å². The Morgan fingerprint density at radius 2 is 2.06 bits per heavy atom. The summed E-state index contributed by atoms with van der Waals surface area (Å²) < 4.78 is 25.7. The number of nitrogens with zero attached hydrogens (tertiary/aromatic N) is 1. The molecule has 1 aromatic carbocycles. The van der Waals surface area contributed by atoms with Crippen LogP contribution in [0.25, 0.3) is 10.6 Å². The van der Waals surface area contributed by atoms with Gasteiger partial charge >= 0.3 is 0 Å². The Labute approximate surface area is 95.2 Å². The third-order valence-corrected chi connectivity index (χ3v) is 3.32. The summed E-state index contributed by atoms with van der Waals surface area (Å²) in [4.78, 5) is 4.74. The number of thiazole rings is 1. The first-order chi connectivity index (χ1) is 7.58. The third-order valence-electron chi connectivity index (χ3n) is 2.10. The Kier molecular flexibility index (Phi) is 2.98. The Hall–Kier alpha value is -1.33. The van der Waals surface area contributed by atoms with E-state index in [0.29, 0.717) is 15.4 Å². The van der Waals surface area contributed by atoms with E-state index < -0.39 is 17.7 Å². The maximum absolute atomic E-state index is 13.0. The Bertz CT molecular complexity index is 510. The van der Waals surface area contributed by atoms with E-state index in [2.05, 4.69) is 4.98 Å². The lowest BCUT2D eigenvalue weighted by Gasteiger charge is -1.98. The minimum absolute atomic E-state index is 0.510. The van der Waals surface area contributed by atoms with Gasteiger partial charge in [0, 0.05) is 11.8 Å². The lowest BCUT2D eigenvalue weighted by Crippen LogP contribution is -1.84.